The average Bonchev–Trinajstić information content (AvgIpc) is 2.92. The molecular formula is C29H22N2O6. The standard InChI is InChI=1S/C29H22N2O6/c1-2-36-29(33)26-24(19-10-4-3-5-11-19)25-22-14-7-6-9-18(22)15-16-23(25)37-28(26)30-27(32)20-12-8-13-21(17-20)31(34)35/h3-17,24H,2H2,1H3,(H,30,32). The van der Waals surface area contributed by atoms with E-state index in [4.69, 9.17) is 9.47 Å². The lowest BCUT2D eigenvalue weighted by molar-refractivity contribution is -0.384. The molecule has 0 aromatic heterocycles. The number of non-ortho nitro benzene ring substituents is 1. The lowest BCUT2D eigenvalue weighted by atomic mass is 9.80. The molecule has 184 valence electrons. The number of amides is 1. The molecule has 0 aliphatic carbocycles. The summed E-state index contributed by atoms with van der Waals surface area (Å²) in [6.07, 6.45) is 0. The zero-order valence-corrected chi connectivity index (χ0v) is 19.8. The normalized spacial score (nSPS) is 14.5. The predicted molar refractivity (Wildman–Crippen MR) is 137 cm³/mol. The molecule has 8 heteroatoms. The van der Waals surface area contributed by atoms with Crippen molar-refractivity contribution in [3.8, 4) is 5.75 Å². The van der Waals surface area contributed by atoms with Crippen LogP contribution in [0.3, 0.4) is 0 Å². The number of hydrogen-bond acceptors (Lipinski definition) is 6. The van der Waals surface area contributed by atoms with Crippen molar-refractivity contribution in [2.24, 2.45) is 0 Å². The van der Waals surface area contributed by atoms with E-state index in [-0.39, 0.29) is 29.3 Å². The van der Waals surface area contributed by atoms with Crippen molar-refractivity contribution < 1.29 is 24.0 Å². The fourth-order valence-corrected chi connectivity index (χ4v) is 4.53. The van der Waals surface area contributed by atoms with Gasteiger partial charge in [0, 0.05) is 23.3 Å². The number of carbonyl (C=O) groups is 2. The van der Waals surface area contributed by atoms with Crippen molar-refractivity contribution in [1.29, 1.82) is 0 Å². The smallest absolute Gasteiger partial charge is 0.340 e. The highest BCUT2D eigenvalue weighted by atomic mass is 16.6. The van der Waals surface area contributed by atoms with Crippen LogP contribution in [0.4, 0.5) is 5.69 Å². The topological polar surface area (TPSA) is 108 Å². The molecule has 0 radical (unpaired) electrons. The van der Waals surface area contributed by atoms with Gasteiger partial charge in [-0.1, -0.05) is 66.7 Å². The first kappa shape index (κ1) is 23.7. The van der Waals surface area contributed by atoms with Crippen LogP contribution in [0.1, 0.15) is 34.3 Å². The summed E-state index contributed by atoms with van der Waals surface area (Å²) >= 11 is 0. The predicted octanol–water partition coefficient (Wildman–Crippen LogP) is 5.48. The van der Waals surface area contributed by atoms with Gasteiger partial charge in [-0.3, -0.25) is 20.2 Å². The maximum absolute atomic E-state index is 13.4. The lowest BCUT2D eigenvalue weighted by Gasteiger charge is -2.31. The largest absolute Gasteiger partial charge is 0.462 e. The Kier molecular flexibility index (Phi) is 6.38. The molecule has 1 N–H and O–H groups in total. The van der Waals surface area contributed by atoms with E-state index in [1.165, 1.54) is 24.3 Å². The minimum absolute atomic E-state index is 0.0501. The van der Waals surface area contributed by atoms with Crippen LogP contribution in [0.25, 0.3) is 10.8 Å². The van der Waals surface area contributed by atoms with E-state index in [2.05, 4.69) is 5.32 Å². The van der Waals surface area contributed by atoms with E-state index in [9.17, 15) is 19.7 Å². The molecule has 4 aromatic carbocycles. The van der Waals surface area contributed by atoms with Crippen molar-refractivity contribution in [3.05, 3.63) is 129 Å². The third-order valence-corrected chi connectivity index (χ3v) is 6.14. The summed E-state index contributed by atoms with van der Waals surface area (Å²) in [7, 11) is 0. The second-order valence-corrected chi connectivity index (χ2v) is 8.37. The van der Waals surface area contributed by atoms with E-state index in [1.54, 1.807) is 13.0 Å². The first-order valence-corrected chi connectivity index (χ1v) is 11.7. The summed E-state index contributed by atoms with van der Waals surface area (Å²) in [4.78, 5) is 37.2. The number of nitro benzene ring substituents is 1. The maximum atomic E-state index is 13.4. The number of carbonyl (C=O) groups excluding carboxylic acids is 2. The van der Waals surface area contributed by atoms with Gasteiger partial charge in [-0.05, 0) is 35.4 Å². The van der Waals surface area contributed by atoms with Crippen molar-refractivity contribution in [2.75, 3.05) is 6.61 Å². The Morgan fingerprint density at radius 1 is 0.973 bits per heavy atom. The highest BCUT2D eigenvalue weighted by molar-refractivity contribution is 6.00. The van der Waals surface area contributed by atoms with Gasteiger partial charge in [0.25, 0.3) is 11.6 Å². The highest BCUT2D eigenvalue weighted by Gasteiger charge is 2.38. The van der Waals surface area contributed by atoms with Crippen molar-refractivity contribution in [1.82, 2.24) is 5.32 Å². The zero-order chi connectivity index (χ0) is 25.9. The Morgan fingerprint density at radius 3 is 2.49 bits per heavy atom. The highest BCUT2D eigenvalue weighted by Crippen LogP contribution is 2.46. The second kappa shape index (κ2) is 9.94. The molecule has 1 aliphatic heterocycles. The number of nitro groups is 1. The summed E-state index contributed by atoms with van der Waals surface area (Å²) in [5.41, 5.74) is 1.55. The second-order valence-electron chi connectivity index (χ2n) is 8.37. The van der Waals surface area contributed by atoms with Gasteiger partial charge in [0.1, 0.15) is 11.3 Å². The van der Waals surface area contributed by atoms with Crippen LogP contribution in [-0.4, -0.2) is 23.4 Å². The van der Waals surface area contributed by atoms with E-state index in [0.29, 0.717) is 5.75 Å². The van der Waals surface area contributed by atoms with Gasteiger partial charge in [-0.15, -0.1) is 0 Å². The van der Waals surface area contributed by atoms with Crippen molar-refractivity contribution >= 4 is 28.3 Å². The third kappa shape index (κ3) is 4.52. The van der Waals surface area contributed by atoms with Crippen LogP contribution in [0.2, 0.25) is 0 Å². The summed E-state index contributed by atoms with van der Waals surface area (Å²) in [5.74, 6) is -1.49. The molecule has 8 nitrogen and oxygen atoms in total. The van der Waals surface area contributed by atoms with Gasteiger partial charge in [-0.2, -0.15) is 0 Å². The molecule has 0 fully saturated rings. The Balaban J connectivity index is 1.69. The molecule has 4 aromatic rings. The molecule has 37 heavy (non-hydrogen) atoms. The van der Waals surface area contributed by atoms with Crippen LogP contribution in [-0.2, 0) is 9.53 Å². The number of nitrogens with one attached hydrogen (secondary N) is 1. The molecule has 5 rings (SSSR count). The van der Waals surface area contributed by atoms with Crippen LogP contribution in [0, 0.1) is 10.1 Å². The van der Waals surface area contributed by atoms with Gasteiger partial charge in [-0.25, -0.2) is 4.79 Å². The molecular weight excluding hydrogens is 472 g/mol. The summed E-state index contributed by atoms with van der Waals surface area (Å²) < 4.78 is 11.6. The number of fused-ring (bicyclic) bond motifs is 3. The zero-order valence-electron chi connectivity index (χ0n) is 19.8. The quantitative estimate of drug-likeness (QED) is 0.216. The number of rotatable bonds is 6. The molecule has 0 spiro atoms. The molecule has 1 heterocycles. The molecule has 1 aliphatic rings. The fourth-order valence-electron chi connectivity index (χ4n) is 4.53. The van der Waals surface area contributed by atoms with Gasteiger partial charge in [0.2, 0.25) is 5.88 Å². The minimum Gasteiger partial charge on any atom is -0.462 e. The van der Waals surface area contributed by atoms with E-state index in [0.717, 1.165) is 21.9 Å². The first-order valence-electron chi connectivity index (χ1n) is 11.7. The number of ether oxygens (including phenoxy) is 2. The maximum Gasteiger partial charge on any atom is 0.340 e. The van der Waals surface area contributed by atoms with Crippen molar-refractivity contribution in [3.63, 3.8) is 0 Å². The SMILES string of the molecule is CCOC(=O)C1=C(NC(=O)c2cccc([N+](=O)[O-])c2)Oc2ccc3ccccc3c2C1c1ccccc1. The lowest BCUT2D eigenvalue weighted by Crippen LogP contribution is -2.34. The monoisotopic (exact) mass is 494 g/mol. The molecule has 1 atom stereocenters. The van der Waals surface area contributed by atoms with E-state index < -0.39 is 22.7 Å². The van der Waals surface area contributed by atoms with Crippen LogP contribution >= 0.6 is 0 Å². The third-order valence-electron chi connectivity index (χ3n) is 6.14. The number of nitrogens with zero attached hydrogens (tertiary/aromatic N) is 1. The first-order chi connectivity index (χ1) is 18.0. The Hall–Kier alpha value is -4.98. The summed E-state index contributed by atoms with van der Waals surface area (Å²) in [6, 6.07) is 26.3. The minimum atomic E-state index is -0.656. The molecule has 1 unspecified atom stereocenters. The Labute approximate surface area is 212 Å². The molecule has 0 bridgehead atoms. The molecule has 0 saturated heterocycles. The number of esters is 1. The summed E-state index contributed by atoms with van der Waals surface area (Å²) in [6.45, 7) is 1.82. The van der Waals surface area contributed by atoms with Crippen molar-refractivity contribution in [2.45, 2.75) is 12.8 Å². The molecule has 0 saturated carbocycles. The molecule has 1 amide bonds. The van der Waals surface area contributed by atoms with E-state index >= 15 is 0 Å². The van der Waals surface area contributed by atoms with Gasteiger partial charge < -0.3 is 9.47 Å². The Morgan fingerprint density at radius 2 is 1.73 bits per heavy atom. The van der Waals surface area contributed by atoms with Gasteiger partial charge in [0.15, 0.2) is 0 Å². The van der Waals surface area contributed by atoms with Crippen LogP contribution < -0.4 is 10.1 Å². The number of benzene rings is 4. The number of hydrogen-bond donors (Lipinski definition) is 1. The van der Waals surface area contributed by atoms with Gasteiger partial charge >= 0.3 is 5.97 Å². The summed E-state index contributed by atoms with van der Waals surface area (Å²) in [5, 5.41) is 15.7. The Bertz CT molecular complexity index is 1560. The fraction of sp³-hybridized carbons (Fsp3) is 0.103. The average molecular weight is 495 g/mol. The van der Waals surface area contributed by atoms with E-state index in [1.807, 2.05) is 60.7 Å². The van der Waals surface area contributed by atoms with Crippen LogP contribution in [0.5, 0.6) is 5.75 Å². The van der Waals surface area contributed by atoms with Gasteiger partial charge in [0.05, 0.1) is 17.4 Å². The van der Waals surface area contributed by atoms with Crippen LogP contribution in [0.15, 0.2) is 102 Å².